The summed E-state index contributed by atoms with van der Waals surface area (Å²) in [5.41, 5.74) is 6.60. The van der Waals surface area contributed by atoms with Gasteiger partial charge in [0.1, 0.15) is 11.4 Å². The van der Waals surface area contributed by atoms with Gasteiger partial charge in [-0.1, -0.05) is 158 Å². The van der Waals surface area contributed by atoms with Crippen molar-refractivity contribution in [2.75, 3.05) is 0 Å². The third kappa shape index (κ3) is 5.78. The predicted molar refractivity (Wildman–Crippen MR) is 214 cm³/mol. The van der Waals surface area contributed by atoms with Crippen LogP contribution in [0.1, 0.15) is 0 Å². The highest BCUT2D eigenvalue weighted by atomic mass is 15.1. The van der Waals surface area contributed by atoms with Gasteiger partial charge < -0.3 is 0 Å². The normalized spacial score (nSPS) is 11.3. The number of hydrogen-bond donors (Lipinski definition) is 0. The molecular weight excluding hydrogens is 665 g/mol. The van der Waals surface area contributed by atoms with Crippen LogP contribution in [0.3, 0.4) is 0 Å². The molecule has 8 heteroatoms. The minimum absolute atomic E-state index is 0.501. The van der Waals surface area contributed by atoms with Gasteiger partial charge in [-0.15, -0.1) is 0 Å². The van der Waals surface area contributed by atoms with Crippen molar-refractivity contribution in [2.45, 2.75) is 0 Å². The molecule has 8 nitrogen and oxygen atoms in total. The van der Waals surface area contributed by atoms with E-state index in [0.717, 1.165) is 54.8 Å². The summed E-state index contributed by atoms with van der Waals surface area (Å²) in [5, 5.41) is 3.94. The molecule has 0 radical (unpaired) electrons. The topological polar surface area (TPSA) is 103 Å². The van der Waals surface area contributed by atoms with Gasteiger partial charge in [0.2, 0.25) is 0 Å². The smallest absolute Gasteiger partial charge is 0.182 e. The van der Waals surface area contributed by atoms with E-state index in [1.807, 2.05) is 133 Å². The van der Waals surface area contributed by atoms with Crippen LogP contribution in [0.15, 0.2) is 170 Å². The molecule has 54 heavy (non-hydrogen) atoms. The third-order valence-corrected chi connectivity index (χ3v) is 9.37. The van der Waals surface area contributed by atoms with Crippen LogP contribution in [0.4, 0.5) is 0 Å². The van der Waals surface area contributed by atoms with Crippen molar-refractivity contribution in [3.63, 3.8) is 0 Å². The Morgan fingerprint density at radius 1 is 0.222 bits per heavy atom. The van der Waals surface area contributed by atoms with Gasteiger partial charge in [-0.2, -0.15) is 0 Å². The maximum Gasteiger partial charge on any atom is 0.182 e. The molecule has 10 aromatic rings. The fraction of sp³-hybridized carbons (Fsp3) is 0. The highest BCUT2D eigenvalue weighted by Gasteiger charge is 2.17. The maximum atomic E-state index is 5.21. The Morgan fingerprint density at radius 3 is 0.815 bits per heavy atom. The molecule has 0 N–H and O–H groups in total. The number of hydrogen-bond acceptors (Lipinski definition) is 8. The van der Waals surface area contributed by atoms with E-state index < -0.39 is 0 Å². The van der Waals surface area contributed by atoms with Crippen molar-refractivity contribution in [1.29, 1.82) is 0 Å². The first kappa shape index (κ1) is 31.2. The number of rotatable bonds is 6. The molecule has 6 aromatic carbocycles. The van der Waals surface area contributed by atoms with Gasteiger partial charge in [0.15, 0.2) is 34.9 Å². The lowest BCUT2D eigenvalue weighted by atomic mass is 10.0. The van der Waals surface area contributed by atoms with Crippen molar-refractivity contribution in [1.82, 2.24) is 39.9 Å². The molecule has 0 saturated heterocycles. The zero-order valence-corrected chi connectivity index (χ0v) is 28.7. The van der Waals surface area contributed by atoms with E-state index in [-0.39, 0.29) is 0 Å². The van der Waals surface area contributed by atoms with E-state index in [9.17, 15) is 0 Å². The van der Waals surface area contributed by atoms with Gasteiger partial charge in [0.05, 0.1) is 11.0 Å². The SMILES string of the molecule is c1ccc(-c2nc(-c3ccccc3)nc(-c3ccc4ccc5c(ccc6ccc(-c7nc(-c8ccccc8)nc(-c8ccccc8)n7)nc65)c4n3)n2)cc1. The summed E-state index contributed by atoms with van der Waals surface area (Å²) in [6.45, 7) is 0. The number of aromatic nitrogens is 8. The monoisotopic (exact) mass is 692 g/mol. The number of benzene rings is 6. The number of pyridine rings is 2. The Labute approximate surface area is 310 Å². The van der Waals surface area contributed by atoms with E-state index in [1.165, 1.54) is 0 Å². The van der Waals surface area contributed by atoms with E-state index in [2.05, 4.69) is 36.4 Å². The maximum absolute atomic E-state index is 5.21. The molecule has 10 rings (SSSR count). The van der Waals surface area contributed by atoms with Crippen LogP contribution in [0.5, 0.6) is 0 Å². The Kier molecular flexibility index (Phi) is 7.62. The van der Waals surface area contributed by atoms with E-state index in [0.29, 0.717) is 46.3 Å². The third-order valence-electron chi connectivity index (χ3n) is 9.37. The fourth-order valence-corrected chi connectivity index (χ4v) is 6.67. The molecule has 0 saturated carbocycles. The van der Waals surface area contributed by atoms with Crippen molar-refractivity contribution in [3.05, 3.63) is 170 Å². The second kappa shape index (κ2) is 13.2. The average Bonchev–Trinajstić information content (AvgIpc) is 3.26. The number of nitrogens with zero attached hydrogens (tertiary/aromatic N) is 8. The lowest BCUT2D eigenvalue weighted by Gasteiger charge is -2.11. The van der Waals surface area contributed by atoms with Gasteiger partial charge >= 0.3 is 0 Å². The molecule has 0 amide bonds. The zero-order valence-electron chi connectivity index (χ0n) is 28.7. The highest BCUT2D eigenvalue weighted by molar-refractivity contribution is 6.15. The lowest BCUT2D eigenvalue weighted by Crippen LogP contribution is -2.01. The molecule has 0 atom stereocenters. The first-order valence-corrected chi connectivity index (χ1v) is 17.6. The zero-order chi connectivity index (χ0) is 35.8. The number of fused-ring (bicyclic) bond motifs is 5. The largest absolute Gasteiger partial charge is 0.244 e. The fourth-order valence-electron chi connectivity index (χ4n) is 6.67. The first-order chi connectivity index (χ1) is 26.7. The molecule has 0 aliphatic carbocycles. The molecule has 252 valence electrons. The summed E-state index contributed by atoms with van der Waals surface area (Å²) >= 11 is 0. The second-order valence-corrected chi connectivity index (χ2v) is 12.8. The molecule has 0 spiro atoms. The van der Waals surface area contributed by atoms with Crippen LogP contribution in [-0.2, 0) is 0 Å². The van der Waals surface area contributed by atoms with Gasteiger partial charge in [0.25, 0.3) is 0 Å². The summed E-state index contributed by atoms with van der Waals surface area (Å²) in [7, 11) is 0. The summed E-state index contributed by atoms with van der Waals surface area (Å²) in [5.74, 6) is 3.36. The van der Waals surface area contributed by atoms with Crippen molar-refractivity contribution < 1.29 is 0 Å². The highest BCUT2D eigenvalue weighted by Crippen LogP contribution is 2.33. The van der Waals surface area contributed by atoms with Crippen LogP contribution in [0.25, 0.3) is 101 Å². The molecule has 0 aliphatic rings. The molecule has 4 heterocycles. The van der Waals surface area contributed by atoms with Crippen LogP contribution in [0.2, 0.25) is 0 Å². The Hall–Kier alpha value is -7.58. The van der Waals surface area contributed by atoms with Crippen LogP contribution < -0.4 is 0 Å². The van der Waals surface area contributed by atoms with Crippen molar-refractivity contribution >= 4 is 32.6 Å². The van der Waals surface area contributed by atoms with Crippen LogP contribution in [-0.4, -0.2) is 39.9 Å². The van der Waals surface area contributed by atoms with Gasteiger partial charge in [-0.25, -0.2) is 39.9 Å². The Bertz CT molecular complexity index is 2650. The summed E-state index contributed by atoms with van der Waals surface area (Å²) in [4.78, 5) is 39.8. The molecule has 0 fully saturated rings. The molecular formula is C46H28N8. The standard InChI is InChI=1S/C46H28N8/c1-5-13-31(14-6-1)41-49-42(32-15-7-2-8-16-32)52-45(51-41)37-27-23-29-21-26-36-35(39(29)47-37)25-22-30-24-28-38(48-40(30)36)46-53-43(33-17-9-3-10-18-33)50-44(54-46)34-19-11-4-12-20-34/h1-28H. The van der Waals surface area contributed by atoms with Gasteiger partial charge in [-0.05, 0) is 12.1 Å². The van der Waals surface area contributed by atoms with E-state index in [1.54, 1.807) is 0 Å². The van der Waals surface area contributed by atoms with Gasteiger partial charge in [-0.3, -0.25) is 0 Å². The minimum Gasteiger partial charge on any atom is -0.244 e. The summed E-state index contributed by atoms with van der Waals surface area (Å²) < 4.78 is 0. The minimum atomic E-state index is 0.501. The summed E-state index contributed by atoms with van der Waals surface area (Å²) in [6, 6.07) is 56.3. The molecule has 0 unspecified atom stereocenters. The molecule has 4 aromatic heterocycles. The van der Waals surface area contributed by atoms with Crippen molar-refractivity contribution in [2.24, 2.45) is 0 Å². The molecule has 0 aliphatic heterocycles. The Balaban J connectivity index is 1.13. The van der Waals surface area contributed by atoms with Crippen LogP contribution >= 0.6 is 0 Å². The van der Waals surface area contributed by atoms with Gasteiger partial charge in [0, 0.05) is 43.8 Å². The quantitative estimate of drug-likeness (QED) is 0.159. The van der Waals surface area contributed by atoms with E-state index >= 15 is 0 Å². The first-order valence-electron chi connectivity index (χ1n) is 17.6. The molecule has 0 bridgehead atoms. The predicted octanol–water partition coefficient (Wildman–Crippen LogP) is 10.3. The second-order valence-electron chi connectivity index (χ2n) is 12.8. The van der Waals surface area contributed by atoms with Crippen molar-refractivity contribution in [3.8, 4) is 68.6 Å². The summed E-state index contributed by atoms with van der Waals surface area (Å²) in [6.07, 6.45) is 0. The van der Waals surface area contributed by atoms with E-state index in [4.69, 9.17) is 39.9 Å². The Morgan fingerprint density at radius 2 is 0.500 bits per heavy atom. The lowest BCUT2D eigenvalue weighted by molar-refractivity contribution is 1.06. The van der Waals surface area contributed by atoms with Crippen LogP contribution in [0, 0.1) is 0 Å². The average molecular weight is 693 g/mol.